The van der Waals surface area contributed by atoms with Crippen molar-refractivity contribution < 1.29 is 32.2 Å². The SMILES string of the molecule is Cc1cccc(C(c2cccc(C)c2O)c2c(F)c(F)c(F)c(F)c2F)c1O. The van der Waals surface area contributed by atoms with Crippen molar-refractivity contribution in [3.05, 3.63) is 93.3 Å². The van der Waals surface area contributed by atoms with Crippen LogP contribution in [0.4, 0.5) is 22.0 Å². The van der Waals surface area contributed by atoms with Gasteiger partial charge >= 0.3 is 0 Å². The fraction of sp³-hybridized carbons (Fsp3) is 0.143. The Balaban J connectivity index is 2.46. The van der Waals surface area contributed by atoms with Crippen molar-refractivity contribution in [1.82, 2.24) is 0 Å². The summed E-state index contributed by atoms with van der Waals surface area (Å²) in [5.41, 5.74) is -0.705. The minimum Gasteiger partial charge on any atom is -0.507 e. The molecule has 0 aliphatic heterocycles. The number of aromatic hydroxyl groups is 2. The number of phenolic OH excluding ortho intramolecular Hbond substituents is 2. The Hall–Kier alpha value is -3.09. The fourth-order valence-corrected chi connectivity index (χ4v) is 3.18. The van der Waals surface area contributed by atoms with Crippen LogP contribution in [0.25, 0.3) is 0 Å². The van der Waals surface area contributed by atoms with Crippen molar-refractivity contribution in [2.24, 2.45) is 0 Å². The number of aryl methyl sites for hydroxylation is 2. The molecule has 0 aliphatic carbocycles. The van der Waals surface area contributed by atoms with Crippen LogP contribution in [0.5, 0.6) is 11.5 Å². The smallest absolute Gasteiger partial charge is 0.200 e. The summed E-state index contributed by atoms with van der Waals surface area (Å²) in [6, 6.07) is 8.57. The Bertz CT molecular complexity index is 998. The van der Waals surface area contributed by atoms with E-state index in [9.17, 15) is 32.2 Å². The molecule has 0 radical (unpaired) electrons. The molecule has 0 aliphatic rings. The molecule has 0 aromatic heterocycles. The van der Waals surface area contributed by atoms with Gasteiger partial charge in [-0.15, -0.1) is 0 Å². The van der Waals surface area contributed by atoms with Crippen molar-refractivity contribution in [2.75, 3.05) is 0 Å². The first-order valence-corrected chi connectivity index (χ1v) is 8.25. The first-order chi connectivity index (χ1) is 13.2. The molecule has 0 heterocycles. The minimum atomic E-state index is -2.28. The van der Waals surface area contributed by atoms with Crippen LogP contribution >= 0.6 is 0 Å². The Morgan fingerprint density at radius 3 is 1.36 bits per heavy atom. The maximum absolute atomic E-state index is 14.6. The van der Waals surface area contributed by atoms with E-state index in [1.54, 1.807) is 0 Å². The monoisotopic (exact) mass is 394 g/mol. The van der Waals surface area contributed by atoms with Crippen molar-refractivity contribution in [1.29, 1.82) is 0 Å². The lowest BCUT2D eigenvalue weighted by molar-refractivity contribution is 0.367. The van der Waals surface area contributed by atoms with Crippen LogP contribution in [-0.4, -0.2) is 10.2 Å². The van der Waals surface area contributed by atoms with E-state index < -0.39 is 40.6 Å². The van der Waals surface area contributed by atoms with Crippen molar-refractivity contribution >= 4 is 0 Å². The topological polar surface area (TPSA) is 40.5 Å². The highest BCUT2D eigenvalue weighted by Crippen LogP contribution is 2.44. The first-order valence-electron chi connectivity index (χ1n) is 8.25. The molecule has 0 fully saturated rings. The quantitative estimate of drug-likeness (QED) is 0.263. The van der Waals surface area contributed by atoms with Crippen LogP contribution in [0, 0.1) is 42.9 Å². The molecular weight excluding hydrogens is 379 g/mol. The van der Waals surface area contributed by atoms with Crippen molar-refractivity contribution in [2.45, 2.75) is 19.8 Å². The summed E-state index contributed by atoms with van der Waals surface area (Å²) in [5.74, 6) is -12.9. The molecule has 3 aromatic rings. The highest BCUT2D eigenvalue weighted by molar-refractivity contribution is 5.56. The zero-order valence-electron chi connectivity index (χ0n) is 14.8. The van der Waals surface area contributed by atoms with Crippen LogP contribution in [-0.2, 0) is 0 Å². The molecule has 0 bridgehead atoms. The average Bonchev–Trinajstić information content (AvgIpc) is 2.67. The van der Waals surface area contributed by atoms with Crippen LogP contribution in [0.3, 0.4) is 0 Å². The molecule has 0 atom stereocenters. The van der Waals surface area contributed by atoms with Gasteiger partial charge in [0.25, 0.3) is 0 Å². The maximum Gasteiger partial charge on any atom is 0.200 e. The molecule has 2 N–H and O–H groups in total. The summed E-state index contributed by atoms with van der Waals surface area (Å²) >= 11 is 0. The van der Waals surface area contributed by atoms with Gasteiger partial charge in [0.05, 0.1) is 0 Å². The Kier molecular flexibility index (Phi) is 5.02. The second-order valence-corrected chi connectivity index (χ2v) is 6.44. The molecule has 2 nitrogen and oxygen atoms in total. The molecule has 146 valence electrons. The van der Waals surface area contributed by atoms with Gasteiger partial charge in [-0.05, 0) is 25.0 Å². The summed E-state index contributed by atoms with van der Waals surface area (Å²) in [6.07, 6.45) is 0. The summed E-state index contributed by atoms with van der Waals surface area (Å²) < 4.78 is 70.5. The van der Waals surface area contributed by atoms with Gasteiger partial charge < -0.3 is 10.2 Å². The van der Waals surface area contributed by atoms with E-state index >= 15 is 0 Å². The van der Waals surface area contributed by atoms with Gasteiger partial charge in [-0.3, -0.25) is 0 Å². The van der Waals surface area contributed by atoms with E-state index in [4.69, 9.17) is 0 Å². The van der Waals surface area contributed by atoms with E-state index in [1.807, 2.05) is 0 Å². The summed E-state index contributed by atoms with van der Waals surface area (Å²) in [4.78, 5) is 0. The number of para-hydroxylation sites is 2. The summed E-state index contributed by atoms with van der Waals surface area (Å²) in [7, 11) is 0. The minimum absolute atomic E-state index is 0.107. The molecule has 7 heteroatoms. The fourth-order valence-electron chi connectivity index (χ4n) is 3.18. The zero-order valence-corrected chi connectivity index (χ0v) is 14.8. The number of phenols is 2. The van der Waals surface area contributed by atoms with E-state index in [0.717, 1.165) is 0 Å². The third kappa shape index (κ3) is 2.96. The largest absolute Gasteiger partial charge is 0.507 e. The lowest BCUT2D eigenvalue weighted by atomic mass is 9.82. The zero-order chi connectivity index (χ0) is 20.7. The van der Waals surface area contributed by atoms with Crippen LogP contribution < -0.4 is 0 Å². The highest BCUT2D eigenvalue weighted by atomic mass is 19.2. The van der Waals surface area contributed by atoms with Gasteiger partial charge in [-0.25, -0.2) is 22.0 Å². The van der Waals surface area contributed by atoms with Gasteiger partial charge in [0.2, 0.25) is 5.82 Å². The molecule has 0 saturated carbocycles. The van der Waals surface area contributed by atoms with Crippen LogP contribution in [0.15, 0.2) is 36.4 Å². The normalized spacial score (nSPS) is 11.3. The molecule has 28 heavy (non-hydrogen) atoms. The third-order valence-corrected chi connectivity index (χ3v) is 4.69. The Morgan fingerprint density at radius 2 is 0.964 bits per heavy atom. The second kappa shape index (κ2) is 7.14. The number of rotatable bonds is 3. The summed E-state index contributed by atoms with van der Waals surface area (Å²) in [6.45, 7) is 3.04. The maximum atomic E-state index is 14.6. The number of hydrogen-bond acceptors (Lipinski definition) is 2. The van der Waals surface area contributed by atoms with Gasteiger partial charge in [0.15, 0.2) is 23.3 Å². The third-order valence-electron chi connectivity index (χ3n) is 4.69. The number of benzene rings is 3. The van der Waals surface area contributed by atoms with Crippen LogP contribution in [0.1, 0.15) is 33.7 Å². The van der Waals surface area contributed by atoms with Gasteiger partial charge in [0.1, 0.15) is 11.5 Å². The van der Waals surface area contributed by atoms with Gasteiger partial charge in [0, 0.05) is 22.6 Å². The Labute approximate surface area is 157 Å². The number of halogens is 5. The van der Waals surface area contributed by atoms with Gasteiger partial charge in [-0.1, -0.05) is 36.4 Å². The molecular formula is C21H15F5O2. The standard InChI is InChI=1S/C21H15F5O2/c1-9-5-3-7-11(20(9)27)13(12-8-4-6-10(2)21(12)28)14-15(22)17(24)19(26)18(25)16(14)23/h3-8,13,27-28H,1-2H3. The molecule has 0 spiro atoms. The molecule has 0 amide bonds. The second-order valence-electron chi connectivity index (χ2n) is 6.44. The average molecular weight is 394 g/mol. The molecule has 3 rings (SSSR count). The van der Waals surface area contributed by atoms with E-state index in [1.165, 1.54) is 50.2 Å². The first kappa shape index (κ1) is 19.7. The lowest BCUT2D eigenvalue weighted by Gasteiger charge is -2.23. The number of hydrogen-bond donors (Lipinski definition) is 2. The van der Waals surface area contributed by atoms with Crippen molar-refractivity contribution in [3.63, 3.8) is 0 Å². The molecule has 3 aromatic carbocycles. The van der Waals surface area contributed by atoms with E-state index in [2.05, 4.69) is 0 Å². The Morgan fingerprint density at radius 1 is 0.607 bits per heavy atom. The summed E-state index contributed by atoms with van der Waals surface area (Å²) in [5, 5.41) is 20.9. The highest BCUT2D eigenvalue weighted by Gasteiger charge is 2.34. The molecule has 0 unspecified atom stereocenters. The predicted octanol–water partition coefficient (Wildman–Crippen LogP) is 5.59. The van der Waals surface area contributed by atoms with E-state index in [-0.39, 0.29) is 22.6 Å². The van der Waals surface area contributed by atoms with Gasteiger partial charge in [-0.2, -0.15) is 0 Å². The van der Waals surface area contributed by atoms with Crippen LogP contribution in [0.2, 0.25) is 0 Å². The lowest BCUT2D eigenvalue weighted by Crippen LogP contribution is -2.14. The van der Waals surface area contributed by atoms with E-state index in [0.29, 0.717) is 11.1 Å². The van der Waals surface area contributed by atoms with Crippen molar-refractivity contribution in [3.8, 4) is 11.5 Å². The predicted molar refractivity (Wildman–Crippen MR) is 92.9 cm³/mol. The molecule has 0 saturated heterocycles.